The maximum absolute atomic E-state index is 11.2. The van der Waals surface area contributed by atoms with E-state index in [-0.39, 0.29) is 22.6 Å². The van der Waals surface area contributed by atoms with E-state index in [9.17, 15) is 4.79 Å². The van der Waals surface area contributed by atoms with E-state index in [1.54, 1.807) is 6.07 Å². The second-order valence-electron chi connectivity index (χ2n) is 4.26. The van der Waals surface area contributed by atoms with Crippen molar-refractivity contribution >= 4 is 35.0 Å². The van der Waals surface area contributed by atoms with Gasteiger partial charge in [-0.3, -0.25) is 0 Å². The summed E-state index contributed by atoms with van der Waals surface area (Å²) in [6.45, 7) is 1.89. The monoisotopic (exact) mass is 310 g/mol. The molecule has 1 unspecified atom stereocenters. The molecule has 2 rings (SSSR count). The number of aromatic carboxylic acids is 1. The van der Waals surface area contributed by atoms with Gasteiger partial charge in [0.1, 0.15) is 16.5 Å². The van der Waals surface area contributed by atoms with Gasteiger partial charge in [-0.2, -0.15) is 0 Å². The molecule has 0 aliphatic rings. The molecular weight excluding hydrogens is 299 g/mol. The van der Waals surface area contributed by atoms with Crippen LogP contribution < -0.4 is 5.32 Å². The van der Waals surface area contributed by atoms with Gasteiger partial charge in [0.05, 0.1) is 6.04 Å². The van der Waals surface area contributed by atoms with Crippen LogP contribution in [0.25, 0.3) is 0 Å². The first-order valence-corrected chi connectivity index (χ1v) is 6.65. The highest BCUT2D eigenvalue weighted by molar-refractivity contribution is 6.30. The van der Waals surface area contributed by atoms with Crippen LogP contribution in [-0.2, 0) is 0 Å². The molecule has 104 valence electrons. The largest absolute Gasteiger partial charge is 0.478 e. The van der Waals surface area contributed by atoms with Crippen molar-refractivity contribution in [2.45, 2.75) is 13.0 Å². The van der Waals surface area contributed by atoms with Crippen LogP contribution in [0.3, 0.4) is 0 Å². The van der Waals surface area contributed by atoms with Crippen LogP contribution in [0.15, 0.2) is 36.4 Å². The molecule has 20 heavy (non-hydrogen) atoms. The third-order valence-electron chi connectivity index (χ3n) is 2.79. The Labute approximate surface area is 126 Å². The quantitative estimate of drug-likeness (QED) is 0.828. The summed E-state index contributed by atoms with van der Waals surface area (Å²) in [7, 11) is 0. The zero-order chi connectivity index (χ0) is 14.7. The topological polar surface area (TPSA) is 62.2 Å². The lowest BCUT2D eigenvalue weighted by atomic mass is 10.1. The summed E-state index contributed by atoms with van der Waals surface area (Å²) >= 11 is 11.8. The minimum atomic E-state index is -1.06. The summed E-state index contributed by atoms with van der Waals surface area (Å²) in [6.07, 6.45) is 0. The first-order chi connectivity index (χ1) is 9.47. The highest BCUT2D eigenvalue weighted by Crippen LogP contribution is 2.24. The molecule has 0 amide bonds. The van der Waals surface area contributed by atoms with Gasteiger partial charge in [0.2, 0.25) is 0 Å². The Morgan fingerprint density at radius 1 is 1.30 bits per heavy atom. The molecule has 2 N–H and O–H groups in total. The van der Waals surface area contributed by atoms with E-state index in [2.05, 4.69) is 10.3 Å². The van der Waals surface area contributed by atoms with Gasteiger partial charge in [0, 0.05) is 5.02 Å². The molecule has 6 heteroatoms. The molecule has 0 aliphatic carbocycles. The molecule has 2 aromatic rings. The number of hydrogen-bond acceptors (Lipinski definition) is 3. The third-order valence-corrected chi connectivity index (χ3v) is 3.24. The summed E-state index contributed by atoms with van der Waals surface area (Å²) < 4.78 is 0. The third kappa shape index (κ3) is 3.40. The van der Waals surface area contributed by atoms with E-state index >= 15 is 0 Å². The Balaban J connectivity index is 2.29. The molecule has 0 spiro atoms. The van der Waals surface area contributed by atoms with Crippen molar-refractivity contribution in [2.24, 2.45) is 0 Å². The number of rotatable bonds is 4. The van der Waals surface area contributed by atoms with E-state index < -0.39 is 5.97 Å². The molecule has 0 fully saturated rings. The first-order valence-electron chi connectivity index (χ1n) is 5.89. The van der Waals surface area contributed by atoms with Crippen LogP contribution in [0.1, 0.15) is 28.9 Å². The van der Waals surface area contributed by atoms with Gasteiger partial charge in [-0.15, -0.1) is 0 Å². The van der Waals surface area contributed by atoms with Gasteiger partial charge in [-0.1, -0.05) is 35.3 Å². The van der Waals surface area contributed by atoms with E-state index in [0.29, 0.717) is 5.02 Å². The van der Waals surface area contributed by atoms with Crippen LogP contribution in [0, 0.1) is 0 Å². The van der Waals surface area contributed by atoms with E-state index in [1.165, 1.54) is 12.1 Å². The minimum Gasteiger partial charge on any atom is -0.478 e. The Bertz CT molecular complexity index is 647. The highest BCUT2D eigenvalue weighted by atomic mass is 35.5. The predicted molar refractivity (Wildman–Crippen MR) is 79.7 cm³/mol. The maximum atomic E-state index is 11.2. The zero-order valence-electron chi connectivity index (χ0n) is 10.6. The fraction of sp³-hybridized carbons (Fsp3) is 0.143. The summed E-state index contributed by atoms with van der Waals surface area (Å²) in [4.78, 5) is 15.2. The van der Waals surface area contributed by atoms with Gasteiger partial charge < -0.3 is 10.4 Å². The fourth-order valence-corrected chi connectivity index (χ4v) is 2.13. The molecule has 0 radical (unpaired) electrons. The average Bonchev–Trinajstić information content (AvgIpc) is 2.38. The lowest BCUT2D eigenvalue weighted by molar-refractivity contribution is 0.0697. The van der Waals surface area contributed by atoms with Crippen molar-refractivity contribution in [2.75, 3.05) is 5.32 Å². The standard InChI is InChI=1S/C14H12Cl2N2O2/c1-8(9-3-2-4-10(15)7-9)17-13-11(14(19)20)5-6-12(16)18-13/h2-8H,1H3,(H,17,18)(H,19,20). The van der Waals surface area contributed by atoms with Crippen LogP contribution in [-0.4, -0.2) is 16.1 Å². The SMILES string of the molecule is CC(Nc1nc(Cl)ccc1C(=O)O)c1cccc(Cl)c1. The van der Waals surface area contributed by atoms with Crippen molar-refractivity contribution < 1.29 is 9.90 Å². The summed E-state index contributed by atoms with van der Waals surface area (Å²) in [5.41, 5.74) is 0.999. The molecule has 1 heterocycles. The molecule has 0 aliphatic heterocycles. The minimum absolute atomic E-state index is 0.0725. The first kappa shape index (κ1) is 14.6. The van der Waals surface area contributed by atoms with Gasteiger partial charge in [0.15, 0.2) is 0 Å². The number of nitrogens with one attached hydrogen (secondary N) is 1. The van der Waals surface area contributed by atoms with E-state index in [1.807, 2.05) is 25.1 Å². The van der Waals surface area contributed by atoms with Crippen LogP contribution >= 0.6 is 23.2 Å². The van der Waals surface area contributed by atoms with Crippen molar-refractivity contribution in [3.63, 3.8) is 0 Å². The number of aromatic nitrogens is 1. The van der Waals surface area contributed by atoms with Gasteiger partial charge in [-0.05, 0) is 36.8 Å². The Hall–Kier alpha value is -1.78. The number of carboxylic acid groups (broad SMARTS) is 1. The lowest BCUT2D eigenvalue weighted by Crippen LogP contribution is -2.12. The van der Waals surface area contributed by atoms with Gasteiger partial charge >= 0.3 is 5.97 Å². The Morgan fingerprint density at radius 2 is 2.05 bits per heavy atom. The van der Waals surface area contributed by atoms with E-state index in [4.69, 9.17) is 28.3 Å². The smallest absolute Gasteiger partial charge is 0.339 e. The number of benzene rings is 1. The van der Waals surface area contributed by atoms with E-state index in [0.717, 1.165) is 5.56 Å². The Kier molecular flexibility index (Phi) is 4.47. The Morgan fingerprint density at radius 3 is 2.70 bits per heavy atom. The summed E-state index contributed by atoms with van der Waals surface area (Å²) in [5.74, 6) is -0.826. The molecule has 4 nitrogen and oxygen atoms in total. The number of carbonyl (C=O) groups is 1. The van der Waals surface area contributed by atoms with Crippen molar-refractivity contribution in [1.82, 2.24) is 4.98 Å². The second-order valence-corrected chi connectivity index (χ2v) is 5.08. The number of nitrogens with zero attached hydrogens (tertiary/aromatic N) is 1. The molecule has 0 saturated carbocycles. The number of pyridine rings is 1. The molecular formula is C14H12Cl2N2O2. The highest BCUT2D eigenvalue weighted by Gasteiger charge is 2.15. The molecule has 1 aromatic heterocycles. The van der Waals surface area contributed by atoms with Crippen LogP contribution in [0.2, 0.25) is 10.2 Å². The zero-order valence-corrected chi connectivity index (χ0v) is 12.1. The van der Waals surface area contributed by atoms with Crippen LogP contribution in [0.5, 0.6) is 0 Å². The lowest BCUT2D eigenvalue weighted by Gasteiger charge is -2.16. The fourth-order valence-electron chi connectivity index (χ4n) is 1.78. The van der Waals surface area contributed by atoms with Crippen molar-refractivity contribution in [3.8, 4) is 0 Å². The molecule has 1 atom stereocenters. The number of carboxylic acids is 1. The predicted octanol–water partition coefficient (Wildman–Crippen LogP) is 4.26. The second kappa shape index (κ2) is 6.11. The van der Waals surface area contributed by atoms with Crippen LogP contribution in [0.4, 0.5) is 5.82 Å². The van der Waals surface area contributed by atoms with Gasteiger partial charge in [-0.25, -0.2) is 9.78 Å². The summed E-state index contributed by atoms with van der Waals surface area (Å²) in [6, 6.07) is 10.0. The number of anilines is 1. The molecule has 0 saturated heterocycles. The molecule has 0 bridgehead atoms. The van der Waals surface area contributed by atoms with Gasteiger partial charge in [0.25, 0.3) is 0 Å². The maximum Gasteiger partial charge on any atom is 0.339 e. The van der Waals surface area contributed by atoms with Crippen molar-refractivity contribution in [3.05, 3.63) is 57.7 Å². The number of hydrogen-bond donors (Lipinski definition) is 2. The average molecular weight is 311 g/mol. The normalized spacial score (nSPS) is 11.9. The number of halogens is 2. The molecule has 1 aromatic carbocycles. The summed E-state index contributed by atoms with van der Waals surface area (Å²) in [5, 5.41) is 13.0. The van der Waals surface area contributed by atoms with Crippen molar-refractivity contribution in [1.29, 1.82) is 0 Å².